The molecule has 1 unspecified atom stereocenters. The Kier molecular flexibility index (Phi) is 7.52. The molecule has 0 N–H and O–H groups in total. The van der Waals surface area contributed by atoms with E-state index in [0.717, 1.165) is 33.9 Å². The molecule has 0 amide bonds. The molecule has 9 rings (SSSR count). The van der Waals surface area contributed by atoms with Crippen LogP contribution >= 0.6 is 0 Å². The second-order valence-electron chi connectivity index (χ2n) is 14.5. The highest BCUT2D eigenvalue weighted by Gasteiger charge is 2.52. The summed E-state index contributed by atoms with van der Waals surface area (Å²) in [6, 6.07) is 56.9. The monoisotopic (exact) mass is 668 g/mol. The normalized spacial score (nSPS) is 16.9. The van der Waals surface area contributed by atoms with E-state index < -0.39 is 0 Å². The van der Waals surface area contributed by atoms with Gasteiger partial charge in [-0.05, 0) is 81.6 Å². The van der Waals surface area contributed by atoms with E-state index in [9.17, 15) is 0 Å². The maximum absolute atomic E-state index is 5.08. The molecule has 52 heavy (non-hydrogen) atoms. The number of benzene rings is 6. The molecule has 7 aromatic rings. The Morgan fingerprint density at radius 3 is 1.65 bits per heavy atom. The minimum atomic E-state index is -0.383. The predicted molar refractivity (Wildman–Crippen MR) is 216 cm³/mol. The molecule has 1 aromatic heterocycles. The summed E-state index contributed by atoms with van der Waals surface area (Å²) in [5, 5.41) is 0. The summed E-state index contributed by atoms with van der Waals surface area (Å²) in [4.78, 5) is 10.1. The summed E-state index contributed by atoms with van der Waals surface area (Å²) in [5.41, 5.74) is 17.7. The highest BCUT2D eigenvalue weighted by atomic mass is 14.9. The molecule has 0 bridgehead atoms. The van der Waals surface area contributed by atoms with Gasteiger partial charge in [0.2, 0.25) is 0 Å². The van der Waals surface area contributed by atoms with Gasteiger partial charge in [-0.25, -0.2) is 9.97 Å². The molecule has 2 aliphatic carbocycles. The maximum atomic E-state index is 5.08. The summed E-state index contributed by atoms with van der Waals surface area (Å²) in [5.74, 6) is 0.724. The lowest BCUT2D eigenvalue weighted by Gasteiger charge is -2.47. The van der Waals surface area contributed by atoms with E-state index in [1.807, 2.05) is 24.3 Å². The number of rotatable bonds is 5. The van der Waals surface area contributed by atoms with Crippen LogP contribution in [0.3, 0.4) is 0 Å². The second kappa shape index (κ2) is 12.3. The number of aromatic nitrogens is 2. The summed E-state index contributed by atoms with van der Waals surface area (Å²) in [7, 11) is 0. The van der Waals surface area contributed by atoms with Crippen LogP contribution in [0.4, 0.5) is 0 Å². The van der Waals surface area contributed by atoms with Crippen LogP contribution in [0.5, 0.6) is 0 Å². The smallest absolute Gasteiger partial charge is 0.160 e. The van der Waals surface area contributed by atoms with Gasteiger partial charge in [0.25, 0.3) is 0 Å². The SMILES string of the molecule is C/C=C\C1=C(C)C2(c3ccccc31)c1ccccc1C(C)(C)c1ccc(-c3ccc(-c4cc(-c5ccccc5)nc(-c5ccccc5)n4)cc3)cc12. The average molecular weight is 669 g/mol. The van der Waals surface area contributed by atoms with Crippen molar-refractivity contribution in [2.75, 3.05) is 0 Å². The first-order valence-corrected chi connectivity index (χ1v) is 18.2. The van der Waals surface area contributed by atoms with Crippen LogP contribution in [0.25, 0.3) is 50.6 Å². The van der Waals surface area contributed by atoms with Crippen LogP contribution in [-0.2, 0) is 10.8 Å². The Bertz CT molecular complexity index is 2480. The summed E-state index contributed by atoms with van der Waals surface area (Å²) in [6.45, 7) is 9.24. The van der Waals surface area contributed by atoms with Gasteiger partial charge in [0, 0.05) is 22.1 Å². The third-order valence-corrected chi connectivity index (χ3v) is 11.4. The molecule has 0 saturated carbocycles. The molecule has 0 saturated heterocycles. The highest BCUT2D eigenvalue weighted by Crippen LogP contribution is 2.61. The zero-order valence-electron chi connectivity index (χ0n) is 30.1. The van der Waals surface area contributed by atoms with Crippen molar-refractivity contribution in [3.8, 4) is 45.0 Å². The van der Waals surface area contributed by atoms with Crippen LogP contribution in [0.15, 0.2) is 175 Å². The molecule has 1 atom stereocenters. The van der Waals surface area contributed by atoms with Crippen molar-refractivity contribution in [3.63, 3.8) is 0 Å². The Labute approximate surface area is 306 Å². The van der Waals surface area contributed by atoms with E-state index in [4.69, 9.17) is 9.97 Å². The number of allylic oxidation sites excluding steroid dienone is 4. The summed E-state index contributed by atoms with van der Waals surface area (Å²) < 4.78 is 0. The molecule has 2 nitrogen and oxygen atoms in total. The lowest BCUT2D eigenvalue weighted by atomic mass is 9.55. The zero-order chi connectivity index (χ0) is 35.5. The molecule has 1 spiro atoms. The van der Waals surface area contributed by atoms with Gasteiger partial charge in [0.1, 0.15) is 0 Å². The third-order valence-electron chi connectivity index (χ3n) is 11.4. The Morgan fingerprint density at radius 2 is 0.981 bits per heavy atom. The fourth-order valence-electron chi connectivity index (χ4n) is 8.85. The van der Waals surface area contributed by atoms with Crippen molar-refractivity contribution in [3.05, 3.63) is 209 Å². The van der Waals surface area contributed by atoms with Crippen molar-refractivity contribution >= 4 is 5.57 Å². The predicted octanol–water partition coefficient (Wildman–Crippen LogP) is 12.5. The molecular weight excluding hydrogens is 629 g/mol. The fourth-order valence-corrected chi connectivity index (χ4v) is 8.85. The van der Waals surface area contributed by atoms with E-state index in [0.29, 0.717) is 0 Å². The number of hydrogen-bond donors (Lipinski definition) is 0. The Morgan fingerprint density at radius 1 is 0.462 bits per heavy atom. The standard InChI is InChI=1S/C50H40N2/c1-5-16-39-33(2)50(41-22-13-12-21-40(39)41)44-24-15-14-23-42(44)49(3,4)43-30-29-38(31-45(43)50)34-25-27-36(28-26-34)47-32-46(35-17-8-6-9-18-35)51-48(52-47)37-19-10-7-11-20-37/h5-32H,1-4H3/b16-5-. The van der Waals surface area contributed by atoms with Crippen molar-refractivity contribution in [1.82, 2.24) is 9.97 Å². The molecule has 2 aliphatic rings. The highest BCUT2D eigenvalue weighted by molar-refractivity contribution is 5.91. The second-order valence-corrected chi connectivity index (χ2v) is 14.5. The van der Waals surface area contributed by atoms with Crippen molar-refractivity contribution in [2.24, 2.45) is 0 Å². The van der Waals surface area contributed by atoms with Gasteiger partial charge in [0.05, 0.1) is 16.8 Å². The number of fused-ring (bicyclic) bond motifs is 6. The van der Waals surface area contributed by atoms with Crippen LogP contribution in [-0.4, -0.2) is 9.97 Å². The molecule has 0 radical (unpaired) electrons. The first-order valence-electron chi connectivity index (χ1n) is 18.2. The van der Waals surface area contributed by atoms with Gasteiger partial charge in [-0.3, -0.25) is 0 Å². The summed E-state index contributed by atoms with van der Waals surface area (Å²) >= 11 is 0. The molecule has 250 valence electrons. The lowest BCUT2D eigenvalue weighted by Crippen LogP contribution is -2.41. The average Bonchev–Trinajstić information content (AvgIpc) is 3.45. The van der Waals surface area contributed by atoms with E-state index in [2.05, 4.69) is 173 Å². The van der Waals surface area contributed by atoms with Gasteiger partial charge in [0.15, 0.2) is 5.82 Å². The maximum Gasteiger partial charge on any atom is 0.160 e. The first-order chi connectivity index (χ1) is 25.4. The first kappa shape index (κ1) is 31.8. The van der Waals surface area contributed by atoms with E-state index in [-0.39, 0.29) is 10.8 Å². The Hall–Kier alpha value is -6.12. The minimum Gasteiger partial charge on any atom is -0.228 e. The van der Waals surface area contributed by atoms with Crippen LogP contribution in [0, 0.1) is 0 Å². The van der Waals surface area contributed by atoms with E-state index in [1.165, 1.54) is 55.7 Å². The third kappa shape index (κ3) is 4.78. The molecular formula is C50H40N2. The van der Waals surface area contributed by atoms with Gasteiger partial charge < -0.3 is 0 Å². The number of nitrogens with zero attached hydrogens (tertiary/aromatic N) is 2. The van der Waals surface area contributed by atoms with Crippen molar-refractivity contribution < 1.29 is 0 Å². The van der Waals surface area contributed by atoms with Gasteiger partial charge in [-0.1, -0.05) is 172 Å². The van der Waals surface area contributed by atoms with Crippen LogP contribution in [0.1, 0.15) is 61.1 Å². The van der Waals surface area contributed by atoms with Gasteiger partial charge in [-0.2, -0.15) is 0 Å². The summed E-state index contributed by atoms with van der Waals surface area (Å²) in [6.07, 6.45) is 4.47. The van der Waals surface area contributed by atoms with Crippen molar-refractivity contribution in [2.45, 2.75) is 38.5 Å². The molecule has 0 aliphatic heterocycles. The van der Waals surface area contributed by atoms with E-state index >= 15 is 0 Å². The topological polar surface area (TPSA) is 25.8 Å². The molecule has 2 heteroatoms. The molecule has 6 aromatic carbocycles. The number of hydrogen-bond acceptors (Lipinski definition) is 2. The zero-order valence-corrected chi connectivity index (χ0v) is 30.1. The van der Waals surface area contributed by atoms with Gasteiger partial charge in [-0.15, -0.1) is 0 Å². The van der Waals surface area contributed by atoms with Crippen molar-refractivity contribution in [1.29, 1.82) is 0 Å². The quantitative estimate of drug-likeness (QED) is 0.182. The lowest BCUT2D eigenvalue weighted by molar-refractivity contribution is 0.558. The molecule has 0 fully saturated rings. The van der Waals surface area contributed by atoms with Gasteiger partial charge >= 0.3 is 0 Å². The van der Waals surface area contributed by atoms with Crippen LogP contribution < -0.4 is 0 Å². The van der Waals surface area contributed by atoms with Crippen LogP contribution in [0.2, 0.25) is 0 Å². The van der Waals surface area contributed by atoms with E-state index in [1.54, 1.807) is 0 Å². The molecule has 1 heterocycles. The largest absolute Gasteiger partial charge is 0.228 e. The minimum absolute atomic E-state index is 0.155. The fraction of sp³-hybridized carbons (Fsp3) is 0.120. The Balaban J connectivity index is 1.20.